The van der Waals surface area contributed by atoms with Gasteiger partial charge >= 0.3 is 0 Å². The lowest BCUT2D eigenvalue weighted by Crippen LogP contribution is -2.16. The maximum absolute atomic E-state index is 12.7. The molecule has 0 aliphatic heterocycles. The zero-order valence-corrected chi connectivity index (χ0v) is 22.3. The Morgan fingerprint density at radius 3 is 1.78 bits per heavy atom. The second-order valence-electron chi connectivity index (χ2n) is 9.71. The Morgan fingerprint density at radius 1 is 0.750 bits per heavy atom. The summed E-state index contributed by atoms with van der Waals surface area (Å²) in [4.78, 5) is 12.6. The van der Waals surface area contributed by atoms with Crippen LogP contribution in [0.2, 0.25) is 0 Å². The molecule has 4 nitrogen and oxygen atoms in total. The average Bonchev–Trinajstić information content (AvgIpc) is 2.84. The summed E-state index contributed by atoms with van der Waals surface area (Å²) in [6, 6.07) is 15.0. The molecule has 0 aliphatic rings. The Balaban J connectivity index is 1.50. The van der Waals surface area contributed by atoms with Gasteiger partial charge in [-0.3, -0.25) is 4.79 Å². The van der Waals surface area contributed by atoms with Gasteiger partial charge in [0.1, 0.15) is 5.75 Å². The molecule has 0 unspecified atom stereocenters. The monoisotopic (exact) mass is 521 g/mol. The largest absolute Gasteiger partial charge is 0.385 e. The highest BCUT2D eigenvalue weighted by Gasteiger charge is 2.20. The standard InChI is InChI=1S/C29H41F2NO3S/c1-29(30,31)22-14-9-7-5-3-2-4-6-8-10-15-23-32-26-20-18-25(19-21-26)28(33)24-36(34,35)27-16-12-11-13-17-27/h11-13,16-21,32H,2-10,14-15,22-24H2,1H3. The molecule has 7 heteroatoms. The van der Waals surface area contributed by atoms with E-state index in [1.54, 1.807) is 30.3 Å². The number of hydrogen-bond acceptors (Lipinski definition) is 4. The topological polar surface area (TPSA) is 63.2 Å². The van der Waals surface area contributed by atoms with Gasteiger partial charge < -0.3 is 5.32 Å². The number of carbonyl (C=O) groups is 1. The number of hydrogen-bond donors (Lipinski definition) is 1. The molecule has 0 saturated heterocycles. The van der Waals surface area contributed by atoms with Gasteiger partial charge in [-0.25, -0.2) is 17.2 Å². The first-order chi connectivity index (χ1) is 17.2. The van der Waals surface area contributed by atoms with Crippen molar-refractivity contribution in [1.82, 2.24) is 0 Å². The molecule has 0 fully saturated rings. The van der Waals surface area contributed by atoms with Crippen molar-refractivity contribution in [1.29, 1.82) is 0 Å². The molecule has 0 atom stereocenters. The number of sulfone groups is 1. The molecule has 0 bridgehead atoms. The van der Waals surface area contributed by atoms with Gasteiger partial charge in [-0.2, -0.15) is 0 Å². The third-order valence-electron chi connectivity index (χ3n) is 6.25. The third-order valence-corrected chi connectivity index (χ3v) is 7.88. The summed E-state index contributed by atoms with van der Waals surface area (Å²) in [5, 5.41) is 3.35. The maximum atomic E-state index is 12.7. The molecule has 0 saturated carbocycles. The molecule has 0 aromatic heterocycles. The Labute approximate surface area is 215 Å². The first-order valence-electron chi connectivity index (χ1n) is 13.2. The molecule has 0 heterocycles. The van der Waals surface area contributed by atoms with E-state index in [2.05, 4.69) is 5.32 Å². The minimum absolute atomic E-state index is 0.00839. The quantitative estimate of drug-likeness (QED) is 0.150. The number of halogens is 2. The highest BCUT2D eigenvalue weighted by molar-refractivity contribution is 7.92. The van der Waals surface area contributed by atoms with Crippen LogP contribution in [0, 0.1) is 0 Å². The second kappa shape index (κ2) is 15.7. The van der Waals surface area contributed by atoms with Crippen LogP contribution >= 0.6 is 0 Å². The van der Waals surface area contributed by atoms with Crippen molar-refractivity contribution in [2.75, 3.05) is 17.6 Å². The lowest BCUT2D eigenvalue weighted by Gasteiger charge is -2.09. The van der Waals surface area contributed by atoms with Gasteiger partial charge in [0, 0.05) is 24.2 Å². The molecule has 1 N–H and O–H groups in total. The van der Waals surface area contributed by atoms with Crippen LogP contribution in [0.1, 0.15) is 94.3 Å². The van der Waals surface area contributed by atoms with Crippen LogP contribution in [0.3, 0.4) is 0 Å². The van der Waals surface area contributed by atoms with Crippen LogP contribution in [0.5, 0.6) is 0 Å². The molecule has 0 radical (unpaired) electrons. The highest BCUT2D eigenvalue weighted by Crippen LogP contribution is 2.21. The molecule has 36 heavy (non-hydrogen) atoms. The normalized spacial score (nSPS) is 12.0. The number of unbranched alkanes of at least 4 members (excludes halogenated alkanes) is 10. The molecule has 2 rings (SSSR count). The predicted molar refractivity (Wildman–Crippen MR) is 144 cm³/mol. The minimum atomic E-state index is -3.65. The van der Waals surface area contributed by atoms with E-state index < -0.39 is 27.3 Å². The van der Waals surface area contributed by atoms with Crippen molar-refractivity contribution < 1.29 is 22.0 Å². The SMILES string of the molecule is CC(F)(F)CCCCCCCCCCCCCNc1ccc(C(=O)CS(=O)(=O)c2ccccc2)cc1. The van der Waals surface area contributed by atoms with E-state index in [0.717, 1.165) is 51.3 Å². The summed E-state index contributed by atoms with van der Waals surface area (Å²) < 4.78 is 50.3. The maximum Gasteiger partial charge on any atom is 0.245 e. The number of carbonyl (C=O) groups excluding carboxylic acids is 1. The third kappa shape index (κ3) is 12.6. The van der Waals surface area contributed by atoms with Crippen molar-refractivity contribution in [2.45, 2.75) is 94.8 Å². The number of nitrogens with one attached hydrogen (secondary N) is 1. The number of anilines is 1. The van der Waals surface area contributed by atoms with Gasteiger partial charge in [-0.1, -0.05) is 76.0 Å². The molecular weight excluding hydrogens is 480 g/mol. The Bertz CT molecular complexity index is 987. The van der Waals surface area contributed by atoms with Crippen LogP contribution in [-0.2, 0) is 9.84 Å². The molecule has 0 spiro atoms. The fraction of sp³-hybridized carbons (Fsp3) is 0.552. The van der Waals surface area contributed by atoms with Crippen molar-refractivity contribution in [3.63, 3.8) is 0 Å². The van der Waals surface area contributed by atoms with Crippen LogP contribution in [0.4, 0.5) is 14.5 Å². The van der Waals surface area contributed by atoms with Gasteiger partial charge in [0.05, 0.1) is 4.90 Å². The van der Waals surface area contributed by atoms with Crippen molar-refractivity contribution in [3.8, 4) is 0 Å². The summed E-state index contributed by atoms with van der Waals surface area (Å²) in [7, 11) is -3.65. The lowest BCUT2D eigenvalue weighted by atomic mass is 10.0. The summed E-state index contributed by atoms with van der Waals surface area (Å²) in [5.41, 5.74) is 1.31. The number of alkyl halides is 2. The molecular formula is C29H41F2NO3S. The molecule has 0 amide bonds. The van der Waals surface area contributed by atoms with Crippen molar-refractivity contribution in [2.24, 2.45) is 0 Å². The van der Waals surface area contributed by atoms with E-state index in [9.17, 15) is 22.0 Å². The van der Waals surface area contributed by atoms with E-state index in [1.807, 2.05) is 12.1 Å². The zero-order chi connectivity index (χ0) is 26.3. The summed E-state index contributed by atoms with van der Waals surface area (Å²) >= 11 is 0. The zero-order valence-electron chi connectivity index (χ0n) is 21.5. The Morgan fingerprint density at radius 2 is 1.25 bits per heavy atom. The lowest BCUT2D eigenvalue weighted by molar-refractivity contribution is 0.0103. The van der Waals surface area contributed by atoms with Crippen LogP contribution in [0.25, 0.3) is 0 Å². The summed E-state index contributed by atoms with van der Waals surface area (Å²) in [5.74, 6) is -3.47. The predicted octanol–water partition coefficient (Wildman–Crippen LogP) is 8.09. The van der Waals surface area contributed by atoms with E-state index in [-0.39, 0.29) is 11.3 Å². The molecule has 200 valence electrons. The molecule has 2 aromatic carbocycles. The fourth-order valence-electron chi connectivity index (χ4n) is 4.13. The molecule has 2 aromatic rings. The highest BCUT2D eigenvalue weighted by atomic mass is 32.2. The Hall–Kier alpha value is -2.28. The van der Waals surface area contributed by atoms with E-state index in [4.69, 9.17) is 0 Å². The first kappa shape index (κ1) is 29.9. The summed E-state index contributed by atoms with van der Waals surface area (Å²) in [6.07, 6.45) is 12.1. The van der Waals surface area contributed by atoms with E-state index >= 15 is 0 Å². The van der Waals surface area contributed by atoms with Gasteiger partial charge in [-0.15, -0.1) is 0 Å². The van der Waals surface area contributed by atoms with Crippen molar-refractivity contribution in [3.05, 3.63) is 60.2 Å². The van der Waals surface area contributed by atoms with Crippen molar-refractivity contribution >= 4 is 21.3 Å². The first-order valence-corrected chi connectivity index (χ1v) is 14.9. The van der Waals surface area contributed by atoms with Crippen LogP contribution < -0.4 is 5.32 Å². The van der Waals surface area contributed by atoms with Gasteiger partial charge in [0.15, 0.2) is 15.6 Å². The van der Waals surface area contributed by atoms with Crippen LogP contribution in [0.15, 0.2) is 59.5 Å². The Kier molecular flexibility index (Phi) is 13.1. The number of rotatable bonds is 19. The number of ketones is 1. The van der Waals surface area contributed by atoms with Gasteiger partial charge in [0.2, 0.25) is 5.92 Å². The smallest absolute Gasteiger partial charge is 0.245 e. The van der Waals surface area contributed by atoms with Gasteiger partial charge in [0.25, 0.3) is 0 Å². The molecule has 0 aliphatic carbocycles. The minimum Gasteiger partial charge on any atom is -0.385 e. The van der Waals surface area contributed by atoms with Gasteiger partial charge in [-0.05, 0) is 56.2 Å². The average molecular weight is 522 g/mol. The van der Waals surface area contributed by atoms with Crippen LogP contribution in [-0.4, -0.2) is 32.4 Å². The summed E-state index contributed by atoms with van der Waals surface area (Å²) in [6.45, 7) is 1.85. The van der Waals surface area contributed by atoms with E-state index in [1.165, 1.54) is 44.2 Å². The number of Topliss-reactive ketones (excluding diaryl/α,β-unsaturated/α-hetero) is 1. The van der Waals surface area contributed by atoms with E-state index in [0.29, 0.717) is 12.0 Å². The second-order valence-corrected chi connectivity index (χ2v) is 11.7. The fourth-order valence-corrected chi connectivity index (χ4v) is 5.38. The number of benzene rings is 2.